The summed E-state index contributed by atoms with van der Waals surface area (Å²) in [6.45, 7) is 5.71. The van der Waals surface area contributed by atoms with Crippen LogP contribution in [-0.4, -0.2) is 17.7 Å². The maximum atomic E-state index is 12.6. The van der Waals surface area contributed by atoms with Crippen molar-refractivity contribution >= 4 is 5.97 Å². The Hall–Kier alpha value is -0.600. The molecule has 10 heavy (non-hydrogen) atoms. The van der Waals surface area contributed by atoms with E-state index in [0.29, 0.717) is 0 Å². The highest BCUT2D eigenvalue weighted by molar-refractivity contribution is 5.66. The molecule has 1 unspecified atom stereocenters. The molecule has 0 bridgehead atoms. The van der Waals surface area contributed by atoms with E-state index in [4.69, 9.17) is 0 Å². The summed E-state index contributed by atoms with van der Waals surface area (Å²) >= 11 is 0. The van der Waals surface area contributed by atoms with E-state index in [9.17, 15) is 9.18 Å². The van der Waals surface area contributed by atoms with Crippen LogP contribution in [0.1, 0.15) is 27.7 Å². The molecule has 0 amide bonds. The van der Waals surface area contributed by atoms with Crippen LogP contribution in [0.25, 0.3) is 0 Å². The van der Waals surface area contributed by atoms with Crippen LogP contribution in [0.3, 0.4) is 0 Å². The molecule has 0 saturated carbocycles. The Morgan fingerprint density at radius 1 is 1.60 bits per heavy atom. The Morgan fingerprint density at radius 2 is 2.00 bits per heavy atom. The minimum atomic E-state index is -1.14. The van der Waals surface area contributed by atoms with E-state index in [0.717, 1.165) is 0 Å². The second-order valence-electron chi connectivity index (χ2n) is 2.81. The lowest BCUT2D eigenvalue weighted by Gasteiger charge is -2.25. The summed E-state index contributed by atoms with van der Waals surface area (Å²) in [5, 5.41) is 0. The van der Waals surface area contributed by atoms with Crippen LogP contribution >= 0.6 is 0 Å². The Labute approximate surface area is 60.4 Å². The second-order valence-corrected chi connectivity index (χ2v) is 2.81. The summed E-state index contributed by atoms with van der Waals surface area (Å²) in [6, 6.07) is 0. The van der Waals surface area contributed by atoms with Gasteiger partial charge in [-0.1, -0.05) is 0 Å². The monoisotopic (exact) mass is 148 g/mol. The highest BCUT2D eigenvalue weighted by Gasteiger charge is 2.28. The smallest absolute Gasteiger partial charge is 0.303 e. The van der Waals surface area contributed by atoms with Crippen LogP contribution in [-0.2, 0) is 9.53 Å². The molecule has 0 aromatic rings. The van der Waals surface area contributed by atoms with Crippen molar-refractivity contribution < 1.29 is 13.9 Å². The lowest BCUT2D eigenvalue weighted by molar-refractivity contribution is -0.159. The number of esters is 1. The van der Waals surface area contributed by atoms with Crippen molar-refractivity contribution in [3.05, 3.63) is 0 Å². The topological polar surface area (TPSA) is 26.3 Å². The van der Waals surface area contributed by atoms with Crippen LogP contribution in [0.5, 0.6) is 0 Å². The maximum absolute atomic E-state index is 12.6. The summed E-state index contributed by atoms with van der Waals surface area (Å²) in [7, 11) is 0. The first-order chi connectivity index (χ1) is 4.36. The Bertz CT molecular complexity index is 130. The molecule has 0 aliphatic heterocycles. The van der Waals surface area contributed by atoms with Crippen molar-refractivity contribution in [1.82, 2.24) is 0 Å². The van der Waals surface area contributed by atoms with Crippen LogP contribution in [0.4, 0.5) is 4.39 Å². The first-order valence-electron chi connectivity index (χ1n) is 3.20. The zero-order valence-corrected chi connectivity index (χ0v) is 6.77. The lowest BCUT2D eigenvalue weighted by Crippen LogP contribution is -2.35. The molecular formula is C7H13FO2. The summed E-state index contributed by atoms with van der Waals surface area (Å²) in [5.41, 5.74) is -0.994. The van der Waals surface area contributed by atoms with Crippen molar-refractivity contribution in [2.24, 2.45) is 0 Å². The van der Waals surface area contributed by atoms with Gasteiger partial charge in [-0.25, -0.2) is 4.39 Å². The van der Waals surface area contributed by atoms with Crippen molar-refractivity contribution in [3.63, 3.8) is 0 Å². The number of rotatable bonds is 2. The molecule has 0 aliphatic carbocycles. The van der Waals surface area contributed by atoms with Crippen LogP contribution < -0.4 is 0 Å². The van der Waals surface area contributed by atoms with Crippen LogP contribution in [0.2, 0.25) is 0 Å². The van der Waals surface area contributed by atoms with E-state index < -0.39 is 17.7 Å². The van der Waals surface area contributed by atoms with E-state index in [-0.39, 0.29) is 0 Å². The number of carbonyl (C=O) groups excluding carboxylic acids is 1. The number of hydrogen-bond acceptors (Lipinski definition) is 2. The summed E-state index contributed by atoms with van der Waals surface area (Å²) < 4.78 is 17.2. The second kappa shape index (κ2) is 2.99. The van der Waals surface area contributed by atoms with Gasteiger partial charge in [0.25, 0.3) is 0 Å². The SMILES string of the molecule is CC(=O)OC(C)(C)C(C)F. The van der Waals surface area contributed by atoms with Crippen molar-refractivity contribution in [3.8, 4) is 0 Å². The molecule has 2 nitrogen and oxygen atoms in total. The minimum absolute atomic E-state index is 0.450. The van der Waals surface area contributed by atoms with Crippen molar-refractivity contribution in [1.29, 1.82) is 0 Å². The van der Waals surface area contributed by atoms with Crippen LogP contribution in [0.15, 0.2) is 0 Å². The summed E-state index contributed by atoms with van der Waals surface area (Å²) in [6.07, 6.45) is -1.14. The largest absolute Gasteiger partial charge is 0.457 e. The van der Waals surface area contributed by atoms with Gasteiger partial charge < -0.3 is 4.74 Å². The van der Waals surface area contributed by atoms with E-state index in [1.54, 1.807) is 13.8 Å². The molecule has 0 aromatic heterocycles. The summed E-state index contributed by atoms with van der Waals surface area (Å²) in [5.74, 6) is -0.450. The average Bonchev–Trinajstić information content (AvgIpc) is 1.60. The highest BCUT2D eigenvalue weighted by atomic mass is 19.1. The zero-order chi connectivity index (χ0) is 8.36. The molecule has 0 rings (SSSR count). The van der Waals surface area contributed by atoms with Gasteiger partial charge >= 0.3 is 5.97 Å². The van der Waals surface area contributed by atoms with E-state index in [1.807, 2.05) is 0 Å². The van der Waals surface area contributed by atoms with Gasteiger partial charge in [-0.3, -0.25) is 4.79 Å². The third-order valence-electron chi connectivity index (χ3n) is 1.36. The third kappa shape index (κ3) is 2.80. The molecule has 0 aromatic carbocycles. The van der Waals surface area contributed by atoms with Gasteiger partial charge in [0.2, 0.25) is 0 Å². The van der Waals surface area contributed by atoms with Crippen LogP contribution in [0, 0.1) is 0 Å². The molecule has 3 heteroatoms. The molecule has 0 N–H and O–H groups in total. The average molecular weight is 148 g/mol. The molecule has 1 atom stereocenters. The highest BCUT2D eigenvalue weighted by Crippen LogP contribution is 2.17. The molecule has 0 heterocycles. The predicted molar refractivity (Wildman–Crippen MR) is 36.4 cm³/mol. The standard InChI is InChI=1S/C7H13FO2/c1-5(8)7(3,4)10-6(2)9/h5H,1-4H3. The molecular weight excluding hydrogens is 135 g/mol. The first-order valence-corrected chi connectivity index (χ1v) is 3.20. The maximum Gasteiger partial charge on any atom is 0.303 e. The molecule has 0 fully saturated rings. The van der Waals surface area contributed by atoms with Crippen molar-refractivity contribution in [2.45, 2.75) is 39.5 Å². The number of hydrogen-bond donors (Lipinski definition) is 0. The fraction of sp³-hybridized carbons (Fsp3) is 0.857. The zero-order valence-electron chi connectivity index (χ0n) is 6.77. The Morgan fingerprint density at radius 3 is 2.10 bits per heavy atom. The molecule has 0 spiro atoms. The quantitative estimate of drug-likeness (QED) is 0.557. The molecule has 60 valence electrons. The first kappa shape index (κ1) is 9.40. The Kier molecular flexibility index (Phi) is 2.81. The molecule has 0 aliphatic rings. The number of alkyl halides is 1. The van der Waals surface area contributed by atoms with E-state index in [2.05, 4.69) is 4.74 Å². The minimum Gasteiger partial charge on any atom is -0.457 e. The third-order valence-corrected chi connectivity index (χ3v) is 1.36. The van der Waals surface area contributed by atoms with Crippen molar-refractivity contribution in [2.75, 3.05) is 0 Å². The normalized spacial score (nSPS) is 14.5. The fourth-order valence-corrected chi connectivity index (χ4v) is 0.452. The summed E-state index contributed by atoms with van der Waals surface area (Å²) in [4.78, 5) is 10.4. The van der Waals surface area contributed by atoms with Gasteiger partial charge in [0.1, 0.15) is 11.8 Å². The number of ether oxygens (including phenoxy) is 1. The molecule has 0 radical (unpaired) electrons. The van der Waals surface area contributed by atoms with Gasteiger partial charge in [0.15, 0.2) is 0 Å². The van der Waals surface area contributed by atoms with E-state index >= 15 is 0 Å². The van der Waals surface area contributed by atoms with E-state index in [1.165, 1.54) is 13.8 Å². The van der Waals surface area contributed by atoms with Gasteiger partial charge in [-0.15, -0.1) is 0 Å². The molecule has 0 saturated heterocycles. The number of carbonyl (C=O) groups is 1. The lowest BCUT2D eigenvalue weighted by atomic mass is 10.1. The Balaban J connectivity index is 3.99. The number of halogens is 1. The van der Waals surface area contributed by atoms with Gasteiger partial charge in [-0.2, -0.15) is 0 Å². The van der Waals surface area contributed by atoms with Gasteiger partial charge in [0, 0.05) is 6.92 Å². The predicted octanol–water partition coefficient (Wildman–Crippen LogP) is 1.69. The van der Waals surface area contributed by atoms with Gasteiger partial charge in [-0.05, 0) is 20.8 Å². The van der Waals surface area contributed by atoms with Gasteiger partial charge in [0.05, 0.1) is 0 Å². The fourth-order valence-electron chi connectivity index (χ4n) is 0.452.